The molecular weight excluding hydrogens is 817 g/mol. The fourth-order valence-corrected chi connectivity index (χ4v) is 11.2. The average Bonchev–Trinajstić information content (AvgIpc) is 3.87. The lowest BCUT2D eigenvalue weighted by atomic mass is 9.79. The van der Waals surface area contributed by atoms with E-state index in [9.17, 15) is 19.5 Å². The molecule has 1 aromatic carbocycles. The first-order valence-corrected chi connectivity index (χ1v) is 23.9. The maximum atomic E-state index is 14.4. The third-order valence-electron chi connectivity index (χ3n) is 14.2. The minimum atomic E-state index is -0.898. The van der Waals surface area contributed by atoms with Gasteiger partial charge in [0.15, 0.2) is 0 Å². The van der Waals surface area contributed by atoms with Crippen LogP contribution in [0.25, 0.3) is 33.4 Å². The molecule has 1 aliphatic carbocycles. The number of carbonyl (C=O) groups excluding carboxylic acids is 3. The number of likely N-dealkylation sites (N-methyl/N-ethyl adjacent to an activating group) is 1. The highest BCUT2D eigenvalue weighted by Crippen LogP contribution is 2.46. The first-order chi connectivity index (χ1) is 30.2. The number of carbonyl (C=O) groups is 3. The Labute approximate surface area is 374 Å². The molecule has 2 saturated heterocycles. The molecule has 15 heteroatoms. The molecule has 9 rings (SSSR count). The van der Waals surface area contributed by atoms with Crippen LogP contribution in [-0.2, 0) is 49.7 Å². The Morgan fingerprint density at radius 1 is 1.05 bits per heavy atom. The van der Waals surface area contributed by atoms with E-state index in [1.165, 1.54) is 33.0 Å². The second-order valence-corrected chi connectivity index (χ2v) is 20.8. The highest BCUT2D eigenvalue weighted by atomic mass is 32.1. The molecule has 0 spiro atoms. The third-order valence-corrected chi connectivity index (χ3v) is 15.1. The minimum absolute atomic E-state index is 0.180. The number of cyclic esters (lactones) is 1. The van der Waals surface area contributed by atoms with Crippen molar-refractivity contribution in [1.29, 1.82) is 0 Å². The van der Waals surface area contributed by atoms with Crippen molar-refractivity contribution in [3.05, 3.63) is 51.6 Å². The molecule has 5 aliphatic rings. The SMILES string of the molecule is CO[C@@H](C)c1ncc(N2CCN(C)CC2)cc1-c1c2c3cc(cc4c3n1CCC4)-c1csc(n1)C[C@H](NC(=O)C1CCC(C)(O)CC1)C(=O)N1CCC[C@H](N1)C(=O)OCC(C)(C)C2. The van der Waals surface area contributed by atoms with Gasteiger partial charge in [-0.1, -0.05) is 13.8 Å². The molecule has 338 valence electrons. The van der Waals surface area contributed by atoms with Crippen molar-refractivity contribution >= 4 is 45.7 Å². The van der Waals surface area contributed by atoms with Gasteiger partial charge in [-0.25, -0.2) is 10.4 Å². The number of hydrogen-bond donors (Lipinski definition) is 3. The van der Waals surface area contributed by atoms with Gasteiger partial charge in [-0.15, -0.1) is 11.3 Å². The quantitative estimate of drug-likeness (QED) is 0.201. The number of aliphatic hydroxyl groups is 1. The lowest BCUT2D eigenvalue weighted by molar-refractivity contribution is -0.155. The predicted molar refractivity (Wildman–Crippen MR) is 244 cm³/mol. The molecule has 0 unspecified atom stereocenters. The zero-order chi connectivity index (χ0) is 44.2. The molecule has 1 saturated carbocycles. The summed E-state index contributed by atoms with van der Waals surface area (Å²) in [4.78, 5) is 57.3. The molecular formula is C48H64N8O6S. The maximum absolute atomic E-state index is 14.4. The summed E-state index contributed by atoms with van der Waals surface area (Å²) in [6.07, 6.45) is 7.79. The van der Waals surface area contributed by atoms with Crippen molar-refractivity contribution < 1.29 is 29.0 Å². The van der Waals surface area contributed by atoms with Crippen molar-refractivity contribution in [1.82, 2.24) is 35.2 Å². The molecule has 6 bridgehead atoms. The molecule has 4 aliphatic heterocycles. The monoisotopic (exact) mass is 880 g/mol. The molecule has 0 radical (unpaired) electrons. The Morgan fingerprint density at radius 2 is 1.83 bits per heavy atom. The molecule has 7 heterocycles. The first kappa shape index (κ1) is 43.8. The largest absolute Gasteiger partial charge is 0.464 e. The van der Waals surface area contributed by atoms with E-state index in [0.717, 1.165) is 89.9 Å². The van der Waals surface area contributed by atoms with Crippen molar-refractivity contribution in [2.75, 3.05) is 58.4 Å². The molecule has 3 N–H and O–H groups in total. The van der Waals surface area contributed by atoms with Crippen molar-refractivity contribution in [2.45, 2.75) is 122 Å². The number of ether oxygens (including phenoxy) is 2. The summed E-state index contributed by atoms with van der Waals surface area (Å²) < 4.78 is 14.7. The number of thiazole rings is 1. The molecule has 14 nitrogen and oxygen atoms in total. The van der Waals surface area contributed by atoms with Crippen LogP contribution in [0.1, 0.15) is 101 Å². The summed E-state index contributed by atoms with van der Waals surface area (Å²) in [5.41, 5.74) is 11.6. The zero-order valence-electron chi connectivity index (χ0n) is 37.8. The zero-order valence-corrected chi connectivity index (χ0v) is 38.6. The van der Waals surface area contributed by atoms with Gasteiger partial charge in [0.2, 0.25) is 5.91 Å². The van der Waals surface area contributed by atoms with Crippen LogP contribution in [0.3, 0.4) is 0 Å². The molecule has 63 heavy (non-hydrogen) atoms. The number of aryl methyl sites for hydroxylation is 2. The van der Waals surface area contributed by atoms with Crippen molar-refractivity contribution in [2.24, 2.45) is 11.3 Å². The normalized spacial score (nSPS) is 26.3. The van der Waals surface area contributed by atoms with Crippen LogP contribution in [-0.4, -0.2) is 119 Å². The van der Waals surface area contributed by atoms with Crippen molar-refractivity contribution in [3.8, 4) is 22.5 Å². The summed E-state index contributed by atoms with van der Waals surface area (Å²) >= 11 is 1.49. The number of hydrogen-bond acceptors (Lipinski definition) is 12. The van der Waals surface area contributed by atoms with Gasteiger partial charge in [0, 0.05) is 86.0 Å². The van der Waals surface area contributed by atoms with Crippen LogP contribution in [0.4, 0.5) is 5.69 Å². The first-order valence-electron chi connectivity index (χ1n) is 23.0. The summed E-state index contributed by atoms with van der Waals surface area (Å²) in [6.45, 7) is 13.5. The van der Waals surface area contributed by atoms with Crippen LogP contribution in [0.2, 0.25) is 0 Å². The molecule has 3 aromatic heterocycles. The van der Waals surface area contributed by atoms with Gasteiger partial charge in [0.25, 0.3) is 5.91 Å². The van der Waals surface area contributed by atoms with Crippen LogP contribution in [0, 0.1) is 11.3 Å². The second kappa shape index (κ2) is 17.5. The summed E-state index contributed by atoms with van der Waals surface area (Å²) in [6, 6.07) is 5.28. The van der Waals surface area contributed by atoms with Gasteiger partial charge < -0.3 is 34.3 Å². The Morgan fingerprint density at radius 3 is 2.59 bits per heavy atom. The second-order valence-electron chi connectivity index (χ2n) is 19.8. The number of esters is 1. The number of nitrogens with one attached hydrogen (secondary N) is 2. The maximum Gasteiger partial charge on any atom is 0.324 e. The number of anilines is 1. The molecule has 4 aromatic rings. The van der Waals surface area contributed by atoms with E-state index >= 15 is 0 Å². The van der Waals surface area contributed by atoms with E-state index in [4.69, 9.17) is 19.4 Å². The number of amides is 2. The van der Waals surface area contributed by atoms with Gasteiger partial charge in [-0.2, -0.15) is 0 Å². The smallest absolute Gasteiger partial charge is 0.324 e. The predicted octanol–water partition coefficient (Wildman–Crippen LogP) is 5.82. The van der Waals surface area contributed by atoms with E-state index in [1.807, 2.05) is 13.1 Å². The van der Waals surface area contributed by atoms with Gasteiger partial charge in [-0.05, 0) is 108 Å². The summed E-state index contributed by atoms with van der Waals surface area (Å²) in [7, 11) is 3.91. The fraction of sp³-hybridized carbons (Fsp3) is 0.604. The Bertz CT molecular complexity index is 2370. The lowest BCUT2D eigenvalue weighted by Gasteiger charge is -2.36. The van der Waals surface area contributed by atoms with Crippen LogP contribution >= 0.6 is 11.3 Å². The van der Waals surface area contributed by atoms with E-state index in [-0.39, 0.29) is 36.9 Å². The minimum Gasteiger partial charge on any atom is -0.464 e. The number of benzene rings is 1. The summed E-state index contributed by atoms with van der Waals surface area (Å²) in [5.74, 6) is -1.19. The Balaban J connectivity index is 1.16. The fourth-order valence-electron chi connectivity index (χ4n) is 10.4. The molecule has 3 atom stereocenters. The number of aromatic nitrogens is 3. The summed E-state index contributed by atoms with van der Waals surface area (Å²) in [5, 5.41) is 19.1. The number of fused-ring (bicyclic) bond motifs is 6. The molecule has 2 amide bonds. The highest BCUT2D eigenvalue weighted by Gasteiger charge is 2.38. The van der Waals surface area contributed by atoms with E-state index in [2.05, 4.69) is 76.5 Å². The van der Waals surface area contributed by atoms with Gasteiger partial charge >= 0.3 is 5.97 Å². The van der Waals surface area contributed by atoms with Gasteiger partial charge in [0.05, 0.1) is 57.8 Å². The number of piperazine rings is 1. The topological polar surface area (TPSA) is 154 Å². The Hall–Kier alpha value is -4.41. The van der Waals surface area contributed by atoms with Crippen LogP contribution < -0.4 is 15.6 Å². The number of nitrogens with zero attached hydrogens (tertiary/aromatic N) is 6. The number of rotatable bonds is 6. The Kier molecular flexibility index (Phi) is 12.2. The van der Waals surface area contributed by atoms with Gasteiger partial charge in [0.1, 0.15) is 12.1 Å². The molecule has 3 fully saturated rings. The van der Waals surface area contributed by atoms with Crippen LogP contribution in [0.5, 0.6) is 0 Å². The van der Waals surface area contributed by atoms with Crippen LogP contribution in [0.15, 0.2) is 29.8 Å². The number of methoxy groups -OCH3 is 1. The van der Waals surface area contributed by atoms with Gasteiger partial charge in [-0.3, -0.25) is 24.4 Å². The third kappa shape index (κ3) is 9.00. The standard InChI is InChI=1S/C48H64N8O6S/c1-29(61-6)41-35(23-33(26-49-41)54-19-17-53(5)18-20-54)43-36-25-47(2,3)28-62-46(59)37-10-8-16-56(52-37)45(58)38(51-44(57)30-11-13-48(4,60)14-12-30)24-40-50-39(27-63-40)32-21-31-9-7-15-55(43)42(31)34(36)22-32/h21-23,26-27,29-30,37-38,52,60H,7-20,24-25,28H2,1-6H3,(H,51,57)/t29-,30?,37-,38-,48?/m0/s1. The van der Waals surface area contributed by atoms with E-state index < -0.39 is 29.1 Å². The number of pyridine rings is 1. The van der Waals surface area contributed by atoms with E-state index in [0.29, 0.717) is 51.5 Å². The average molecular weight is 881 g/mol. The number of hydrazine groups is 1. The van der Waals surface area contributed by atoms with E-state index in [1.54, 1.807) is 7.11 Å². The highest BCUT2D eigenvalue weighted by molar-refractivity contribution is 7.10. The lowest BCUT2D eigenvalue weighted by Crippen LogP contribution is -2.61. The van der Waals surface area contributed by atoms with Crippen molar-refractivity contribution in [3.63, 3.8) is 0 Å².